The Morgan fingerprint density at radius 1 is 1.19 bits per heavy atom. The number of hydrogen-bond acceptors (Lipinski definition) is 6. The second-order valence-electron chi connectivity index (χ2n) is 7.53. The van der Waals surface area contributed by atoms with Gasteiger partial charge in [0.05, 0.1) is 6.10 Å². The smallest absolute Gasteiger partial charge is 0.134 e. The minimum Gasteiger partial charge on any atom is -0.396 e. The third kappa shape index (κ3) is 4.57. The first-order valence-corrected chi connectivity index (χ1v) is 9.93. The molecule has 2 N–H and O–H groups in total. The van der Waals surface area contributed by atoms with Crippen LogP contribution in [-0.4, -0.2) is 47.4 Å². The fraction of sp³-hybridized carbons (Fsp3) is 0.524. The fourth-order valence-electron chi connectivity index (χ4n) is 4.06. The monoisotopic (exact) mass is 368 g/mol. The molecule has 0 saturated carbocycles. The Kier molecular flexibility index (Phi) is 5.84. The number of rotatable bonds is 5. The number of piperidine rings is 1. The van der Waals surface area contributed by atoms with Gasteiger partial charge in [-0.15, -0.1) is 0 Å². The van der Waals surface area contributed by atoms with Crippen LogP contribution in [0, 0.1) is 5.92 Å². The number of aliphatic hydroxyl groups excluding tert-OH is 1. The molecule has 3 unspecified atom stereocenters. The van der Waals surface area contributed by atoms with Gasteiger partial charge in [-0.1, -0.05) is 30.3 Å². The molecule has 2 aromatic rings. The third-order valence-electron chi connectivity index (χ3n) is 5.56. The summed E-state index contributed by atoms with van der Waals surface area (Å²) in [6.07, 6.45) is 5.85. The largest absolute Gasteiger partial charge is 0.396 e. The van der Waals surface area contributed by atoms with E-state index >= 15 is 0 Å². The Balaban J connectivity index is 1.40. The van der Waals surface area contributed by atoms with E-state index in [9.17, 15) is 5.11 Å². The Morgan fingerprint density at radius 2 is 2.07 bits per heavy atom. The number of anilines is 2. The molecule has 2 aliphatic rings. The van der Waals surface area contributed by atoms with E-state index in [2.05, 4.69) is 44.5 Å². The van der Waals surface area contributed by atoms with Gasteiger partial charge >= 0.3 is 0 Å². The average Bonchev–Trinajstić information content (AvgIpc) is 2.75. The first kappa shape index (κ1) is 18.2. The highest BCUT2D eigenvalue weighted by atomic mass is 16.5. The molecule has 3 atom stereocenters. The van der Waals surface area contributed by atoms with Crippen LogP contribution in [0.15, 0.2) is 42.7 Å². The van der Waals surface area contributed by atoms with Gasteiger partial charge in [0.2, 0.25) is 0 Å². The number of aliphatic hydroxyl groups is 1. The van der Waals surface area contributed by atoms with Crippen molar-refractivity contribution >= 4 is 11.6 Å². The molecular formula is C21H28N4O2. The molecule has 0 aliphatic carbocycles. The summed E-state index contributed by atoms with van der Waals surface area (Å²) in [4.78, 5) is 11.1. The average molecular weight is 368 g/mol. The molecule has 0 spiro atoms. The maximum Gasteiger partial charge on any atom is 0.134 e. The van der Waals surface area contributed by atoms with Crippen molar-refractivity contribution in [1.29, 1.82) is 0 Å². The second kappa shape index (κ2) is 8.67. The quantitative estimate of drug-likeness (QED) is 0.845. The topological polar surface area (TPSA) is 70.5 Å². The molecule has 6 heteroatoms. The van der Waals surface area contributed by atoms with E-state index in [0.717, 1.165) is 57.0 Å². The Labute approximate surface area is 160 Å². The molecule has 2 aliphatic heterocycles. The van der Waals surface area contributed by atoms with Crippen LogP contribution >= 0.6 is 0 Å². The van der Waals surface area contributed by atoms with Gasteiger partial charge in [-0.05, 0) is 37.2 Å². The summed E-state index contributed by atoms with van der Waals surface area (Å²) in [6, 6.07) is 12.8. The lowest BCUT2D eigenvalue weighted by Gasteiger charge is -2.33. The van der Waals surface area contributed by atoms with E-state index in [1.165, 1.54) is 5.56 Å². The lowest BCUT2D eigenvalue weighted by Crippen LogP contribution is -2.37. The molecule has 0 bridgehead atoms. The lowest BCUT2D eigenvalue weighted by molar-refractivity contribution is 0.00974. The number of nitrogens with zero attached hydrogens (tertiary/aromatic N) is 3. The Hall–Kier alpha value is -2.18. The molecule has 2 fully saturated rings. The van der Waals surface area contributed by atoms with Gasteiger partial charge in [-0.2, -0.15) is 0 Å². The van der Waals surface area contributed by atoms with E-state index in [1.807, 2.05) is 12.1 Å². The molecule has 0 radical (unpaired) electrons. The first-order valence-electron chi connectivity index (χ1n) is 9.93. The molecule has 27 heavy (non-hydrogen) atoms. The zero-order chi connectivity index (χ0) is 18.5. The molecule has 1 aromatic heterocycles. The van der Waals surface area contributed by atoms with Crippen molar-refractivity contribution < 1.29 is 9.84 Å². The summed E-state index contributed by atoms with van der Waals surface area (Å²) in [7, 11) is 0. The zero-order valence-corrected chi connectivity index (χ0v) is 15.6. The lowest BCUT2D eigenvalue weighted by atomic mass is 9.97. The molecular weight excluding hydrogens is 340 g/mol. The molecule has 3 heterocycles. The number of ether oxygens (including phenoxy) is 1. The van der Waals surface area contributed by atoms with E-state index in [1.54, 1.807) is 6.33 Å². The highest BCUT2D eigenvalue weighted by molar-refractivity contribution is 5.49. The number of nitrogens with one attached hydrogen (secondary N) is 1. The van der Waals surface area contributed by atoms with E-state index in [0.29, 0.717) is 12.0 Å². The summed E-state index contributed by atoms with van der Waals surface area (Å²) in [6.45, 7) is 2.84. The Morgan fingerprint density at radius 3 is 2.93 bits per heavy atom. The molecule has 2 saturated heterocycles. The predicted molar refractivity (Wildman–Crippen MR) is 106 cm³/mol. The van der Waals surface area contributed by atoms with Crippen LogP contribution < -0.4 is 10.2 Å². The summed E-state index contributed by atoms with van der Waals surface area (Å²) in [5, 5.41) is 13.0. The zero-order valence-electron chi connectivity index (χ0n) is 15.6. The molecule has 1 aromatic carbocycles. The van der Waals surface area contributed by atoms with Crippen LogP contribution in [0.2, 0.25) is 0 Å². The van der Waals surface area contributed by atoms with Gasteiger partial charge in [-0.3, -0.25) is 0 Å². The highest BCUT2D eigenvalue weighted by Crippen LogP contribution is 2.30. The van der Waals surface area contributed by atoms with E-state index in [4.69, 9.17) is 4.74 Å². The number of aromatic nitrogens is 2. The molecule has 0 amide bonds. The summed E-state index contributed by atoms with van der Waals surface area (Å²) in [5.41, 5.74) is 1.23. The number of hydrogen-bond donors (Lipinski definition) is 2. The maximum atomic E-state index is 9.46. The van der Waals surface area contributed by atoms with Gasteiger partial charge in [-0.25, -0.2) is 9.97 Å². The molecule has 4 rings (SSSR count). The van der Waals surface area contributed by atoms with Crippen molar-refractivity contribution in [3.8, 4) is 0 Å². The van der Waals surface area contributed by atoms with E-state index in [-0.39, 0.29) is 12.7 Å². The summed E-state index contributed by atoms with van der Waals surface area (Å²) < 4.78 is 5.97. The predicted octanol–water partition coefficient (Wildman–Crippen LogP) is 3.02. The van der Waals surface area contributed by atoms with Crippen LogP contribution in [0.1, 0.15) is 37.4 Å². The van der Waals surface area contributed by atoms with Gasteiger partial charge in [0.15, 0.2) is 0 Å². The van der Waals surface area contributed by atoms with Crippen molar-refractivity contribution in [2.75, 3.05) is 36.5 Å². The van der Waals surface area contributed by atoms with Crippen molar-refractivity contribution in [1.82, 2.24) is 9.97 Å². The molecule has 6 nitrogen and oxygen atoms in total. The van der Waals surface area contributed by atoms with Crippen LogP contribution in [0.3, 0.4) is 0 Å². The third-order valence-corrected chi connectivity index (χ3v) is 5.56. The van der Waals surface area contributed by atoms with Crippen molar-refractivity contribution in [2.24, 2.45) is 5.92 Å². The van der Waals surface area contributed by atoms with Gasteiger partial charge < -0.3 is 20.1 Å². The normalized spacial score (nSPS) is 26.0. The van der Waals surface area contributed by atoms with Crippen LogP contribution in [0.25, 0.3) is 0 Å². The van der Waals surface area contributed by atoms with Crippen molar-refractivity contribution in [3.05, 3.63) is 48.3 Å². The fourth-order valence-corrected chi connectivity index (χ4v) is 4.06. The van der Waals surface area contributed by atoms with E-state index < -0.39 is 0 Å². The van der Waals surface area contributed by atoms with Crippen molar-refractivity contribution in [3.63, 3.8) is 0 Å². The first-order chi connectivity index (χ1) is 13.3. The minimum absolute atomic E-state index is 0.131. The highest BCUT2D eigenvalue weighted by Gasteiger charge is 2.25. The summed E-state index contributed by atoms with van der Waals surface area (Å²) in [5.74, 6) is 2.15. The Bertz CT molecular complexity index is 727. The standard InChI is InChI=1S/C21H28N4O2/c26-14-16-5-4-9-25(13-16)21-12-20(22-15-23-21)24-18-8-10-27-19(11-18)17-6-2-1-3-7-17/h1-3,6-7,12,15-16,18-19,26H,4-5,8-11,13-14H2,(H,22,23,24). The van der Waals surface area contributed by atoms with Crippen LogP contribution in [0.5, 0.6) is 0 Å². The van der Waals surface area contributed by atoms with Gasteiger partial charge in [0.25, 0.3) is 0 Å². The van der Waals surface area contributed by atoms with Crippen molar-refractivity contribution in [2.45, 2.75) is 37.8 Å². The minimum atomic E-state index is 0.131. The van der Waals surface area contributed by atoms with Gasteiger partial charge in [0, 0.05) is 38.4 Å². The van der Waals surface area contributed by atoms with Crippen LogP contribution in [-0.2, 0) is 4.74 Å². The maximum absolute atomic E-state index is 9.46. The number of benzene rings is 1. The molecule has 144 valence electrons. The second-order valence-corrected chi connectivity index (χ2v) is 7.53. The van der Waals surface area contributed by atoms with Gasteiger partial charge in [0.1, 0.15) is 18.0 Å². The SMILES string of the molecule is OCC1CCCN(c2cc(NC3CCOC(c4ccccc4)C3)ncn2)C1. The summed E-state index contributed by atoms with van der Waals surface area (Å²) >= 11 is 0. The van der Waals surface area contributed by atoms with Crippen LogP contribution in [0.4, 0.5) is 11.6 Å².